The molecule has 0 bridgehead atoms. The van der Waals surface area contributed by atoms with Crippen LogP contribution >= 0.6 is 23.1 Å². The van der Waals surface area contributed by atoms with Crippen molar-refractivity contribution in [3.63, 3.8) is 0 Å². The maximum atomic E-state index is 12.9. The lowest BCUT2D eigenvalue weighted by Gasteiger charge is -2.34. The number of hydrogen-bond donors (Lipinski definition) is 0. The number of rotatable bonds is 5. The predicted molar refractivity (Wildman–Crippen MR) is 127 cm³/mol. The van der Waals surface area contributed by atoms with Gasteiger partial charge in [0.05, 0.1) is 15.1 Å². The Kier molecular flexibility index (Phi) is 6.25. The number of anilines is 1. The summed E-state index contributed by atoms with van der Waals surface area (Å²) in [5.41, 5.74) is 1.50. The van der Waals surface area contributed by atoms with Gasteiger partial charge in [0.1, 0.15) is 0 Å². The van der Waals surface area contributed by atoms with Crippen LogP contribution < -0.4 is 4.90 Å². The van der Waals surface area contributed by atoms with Crippen LogP contribution in [0.25, 0.3) is 10.2 Å². The number of piperazine rings is 1. The van der Waals surface area contributed by atoms with Crippen molar-refractivity contribution in [1.29, 1.82) is 0 Å². The van der Waals surface area contributed by atoms with Crippen LogP contribution in [0.1, 0.15) is 10.4 Å². The quantitative estimate of drug-likeness (QED) is 0.527. The van der Waals surface area contributed by atoms with Crippen molar-refractivity contribution < 1.29 is 13.2 Å². The Labute approximate surface area is 190 Å². The molecule has 2 aromatic carbocycles. The van der Waals surface area contributed by atoms with E-state index in [0.29, 0.717) is 31.7 Å². The van der Waals surface area contributed by atoms with Crippen LogP contribution in [-0.4, -0.2) is 75.0 Å². The van der Waals surface area contributed by atoms with E-state index in [0.717, 1.165) is 15.0 Å². The van der Waals surface area contributed by atoms with Gasteiger partial charge in [-0.2, -0.15) is 0 Å². The third-order valence-electron chi connectivity index (χ3n) is 5.30. The van der Waals surface area contributed by atoms with Gasteiger partial charge in [-0.25, -0.2) is 17.7 Å². The van der Waals surface area contributed by atoms with E-state index in [1.807, 2.05) is 4.90 Å². The molecule has 0 aliphatic carbocycles. The molecule has 164 valence electrons. The van der Waals surface area contributed by atoms with Gasteiger partial charge in [-0.05, 0) is 48.7 Å². The van der Waals surface area contributed by atoms with Crippen molar-refractivity contribution in [2.45, 2.75) is 9.79 Å². The van der Waals surface area contributed by atoms with E-state index in [9.17, 15) is 13.2 Å². The molecule has 0 unspecified atom stereocenters. The highest BCUT2D eigenvalue weighted by molar-refractivity contribution is 7.98. The number of amides is 1. The van der Waals surface area contributed by atoms with Crippen LogP contribution in [-0.2, 0) is 10.0 Å². The Bertz CT molecular complexity index is 1200. The number of thioether (sulfide) groups is 1. The summed E-state index contributed by atoms with van der Waals surface area (Å²) in [7, 11) is -0.529. The molecule has 4 rings (SSSR count). The predicted octanol–water partition coefficient (Wildman–Crippen LogP) is 3.23. The summed E-state index contributed by atoms with van der Waals surface area (Å²) >= 11 is 3.40. The highest BCUT2D eigenvalue weighted by Crippen LogP contribution is 2.32. The molecule has 0 saturated carbocycles. The summed E-state index contributed by atoms with van der Waals surface area (Å²) in [5.74, 6) is -0.0811. The molecule has 1 aromatic heterocycles. The standard InChI is InChI=1S/C21H24N4O3S3/c1-23(2)31(27,28)17-7-4-15(5-8-17)20(26)24-10-12-25(13-11-24)21-22-18-9-6-16(29-3)14-19(18)30-21/h4-9,14H,10-13H2,1-3H3. The van der Waals surface area contributed by atoms with Crippen LogP contribution in [0.15, 0.2) is 52.3 Å². The number of thiazole rings is 1. The fourth-order valence-electron chi connectivity index (χ4n) is 3.42. The molecule has 1 aliphatic heterocycles. The molecule has 3 aromatic rings. The molecule has 0 atom stereocenters. The van der Waals surface area contributed by atoms with Gasteiger partial charge in [-0.15, -0.1) is 11.8 Å². The van der Waals surface area contributed by atoms with E-state index >= 15 is 0 Å². The molecular weight excluding hydrogens is 452 g/mol. The first kappa shape index (κ1) is 22.1. The Hall–Kier alpha value is -2.14. The van der Waals surface area contributed by atoms with Crippen molar-refractivity contribution in [2.24, 2.45) is 0 Å². The van der Waals surface area contributed by atoms with E-state index in [2.05, 4.69) is 29.4 Å². The zero-order chi connectivity index (χ0) is 22.2. The second kappa shape index (κ2) is 8.78. The van der Waals surface area contributed by atoms with Crippen LogP contribution in [0, 0.1) is 0 Å². The van der Waals surface area contributed by atoms with Crippen molar-refractivity contribution in [3.8, 4) is 0 Å². The van der Waals surface area contributed by atoms with E-state index in [-0.39, 0.29) is 10.8 Å². The zero-order valence-corrected chi connectivity index (χ0v) is 20.1. The van der Waals surface area contributed by atoms with Crippen molar-refractivity contribution >= 4 is 54.4 Å². The monoisotopic (exact) mass is 476 g/mol. The van der Waals surface area contributed by atoms with E-state index < -0.39 is 10.0 Å². The van der Waals surface area contributed by atoms with Gasteiger partial charge < -0.3 is 9.80 Å². The molecule has 10 heteroatoms. The fraction of sp³-hybridized carbons (Fsp3) is 0.333. The van der Waals surface area contributed by atoms with E-state index in [4.69, 9.17) is 4.98 Å². The van der Waals surface area contributed by atoms with E-state index in [1.165, 1.54) is 35.8 Å². The summed E-state index contributed by atoms with van der Waals surface area (Å²) in [6.45, 7) is 2.63. The minimum atomic E-state index is -3.50. The third kappa shape index (κ3) is 4.43. The number of nitrogens with zero attached hydrogens (tertiary/aromatic N) is 4. The average molecular weight is 477 g/mol. The molecule has 1 amide bonds. The second-order valence-electron chi connectivity index (χ2n) is 7.42. The fourth-order valence-corrected chi connectivity index (χ4v) is 5.89. The first-order chi connectivity index (χ1) is 14.8. The summed E-state index contributed by atoms with van der Waals surface area (Å²) < 4.78 is 26.7. The van der Waals surface area contributed by atoms with Crippen LogP contribution in [0.4, 0.5) is 5.13 Å². The van der Waals surface area contributed by atoms with Crippen LogP contribution in [0.2, 0.25) is 0 Å². The molecule has 1 saturated heterocycles. The summed E-state index contributed by atoms with van der Waals surface area (Å²) in [6.07, 6.45) is 2.06. The number of hydrogen-bond acceptors (Lipinski definition) is 7. The highest BCUT2D eigenvalue weighted by atomic mass is 32.2. The van der Waals surface area contributed by atoms with Gasteiger partial charge in [-0.3, -0.25) is 4.79 Å². The maximum absolute atomic E-state index is 12.9. The van der Waals surface area contributed by atoms with E-state index in [1.54, 1.807) is 35.2 Å². The number of carbonyl (C=O) groups excluding carboxylic acids is 1. The minimum Gasteiger partial charge on any atom is -0.345 e. The first-order valence-electron chi connectivity index (χ1n) is 9.81. The van der Waals surface area contributed by atoms with Crippen LogP contribution in [0.5, 0.6) is 0 Å². The number of carbonyl (C=O) groups is 1. The first-order valence-corrected chi connectivity index (χ1v) is 13.3. The van der Waals surface area contributed by atoms with Gasteiger partial charge in [0.2, 0.25) is 10.0 Å². The molecule has 0 radical (unpaired) electrons. The maximum Gasteiger partial charge on any atom is 0.253 e. The Morgan fingerprint density at radius 2 is 1.74 bits per heavy atom. The molecular formula is C21H24N4O3S3. The summed E-state index contributed by atoms with van der Waals surface area (Å²) in [4.78, 5) is 23.1. The van der Waals surface area contributed by atoms with Gasteiger partial charge in [0.25, 0.3) is 5.91 Å². The topological polar surface area (TPSA) is 73.8 Å². The number of aromatic nitrogens is 1. The molecule has 31 heavy (non-hydrogen) atoms. The Morgan fingerprint density at radius 3 is 2.35 bits per heavy atom. The average Bonchev–Trinajstić information content (AvgIpc) is 3.22. The zero-order valence-electron chi connectivity index (χ0n) is 17.6. The molecule has 0 N–H and O–H groups in total. The Balaban J connectivity index is 1.42. The lowest BCUT2D eigenvalue weighted by Crippen LogP contribution is -2.48. The molecule has 0 spiro atoms. The summed E-state index contributed by atoms with van der Waals surface area (Å²) in [6, 6.07) is 12.5. The molecule has 7 nitrogen and oxygen atoms in total. The smallest absolute Gasteiger partial charge is 0.253 e. The Morgan fingerprint density at radius 1 is 1.06 bits per heavy atom. The largest absolute Gasteiger partial charge is 0.345 e. The van der Waals surface area contributed by atoms with Crippen molar-refractivity contribution in [2.75, 3.05) is 51.4 Å². The summed E-state index contributed by atoms with van der Waals surface area (Å²) in [5, 5.41) is 0.985. The van der Waals surface area contributed by atoms with Gasteiger partial charge >= 0.3 is 0 Å². The minimum absolute atomic E-state index is 0.0811. The molecule has 1 fully saturated rings. The van der Waals surface area contributed by atoms with Crippen LogP contribution in [0.3, 0.4) is 0 Å². The van der Waals surface area contributed by atoms with Gasteiger partial charge in [0.15, 0.2) is 5.13 Å². The van der Waals surface area contributed by atoms with Gasteiger partial charge in [0, 0.05) is 50.7 Å². The van der Waals surface area contributed by atoms with Crippen molar-refractivity contribution in [3.05, 3.63) is 48.0 Å². The lowest BCUT2D eigenvalue weighted by molar-refractivity contribution is 0.0746. The normalized spacial score (nSPS) is 15.1. The SMILES string of the molecule is CSc1ccc2nc(N3CCN(C(=O)c4ccc(S(=O)(=O)N(C)C)cc4)CC3)sc2c1. The lowest BCUT2D eigenvalue weighted by atomic mass is 10.2. The third-order valence-corrected chi connectivity index (χ3v) is 8.94. The molecule has 1 aliphatic rings. The second-order valence-corrected chi connectivity index (χ2v) is 11.5. The number of benzene rings is 2. The number of fused-ring (bicyclic) bond motifs is 1. The molecule has 2 heterocycles. The number of sulfonamides is 1. The van der Waals surface area contributed by atoms with Gasteiger partial charge in [-0.1, -0.05) is 11.3 Å². The van der Waals surface area contributed by atoms with Crippen molar-refractivity contribution in [1.82, 2.24) is 14.2 Å². The highest BCUT2D eigenvalue weighted by Gasteiger charge is 2.25.